The largest absolute Gasteiger partial charge is 0.381 e. The monoisotopic (exact) mass is 233 g/mol. The number of methoxy groups -OCH3 is 1. The van der Waals surface area contributed by atoms with E-state index in [2.05, 4.69) is 11.8 Å². The molecule has 0 amide bonds. The number of alkyl halides is 1. The average molecular weight is 234 g/mol. The molecule has 0 aromatic heterocycles. The first-order valence-corrected chi connectivity index (χ1v) is 6.68. The molecule has 0 aromatic carbocycles. The van der Waals surface area contributed by atoms with Crippen molar-refractivity contribution < 1.29 is 4.74 Å². The van der Waals surface area contributed by atoms with Crippen molar-refractivity contribution in [3.8, 4) is 0 Å². The Kier molecular flexibility index (Phi) is 6.62. The summed E-state index contributed by atoms with van der Waals surface area (Å²) in [6.07, 6.45) is 6.72. The van der Waals surface area contributed by atoms with Gasteiger partial charge in [-0.3, -0.25) is 4.90 Å². The van der Waals surface area contributed by atoms with E-state index in [4.69, 9.17) is 16.3 Å². The number of nitrogens with zero attached hydrogens (tertiary/aromatic N) is 1. The Hall–Kier alpha value is 0.210. The van der Waals surface area contributed by atoms with Crippen LogP contribution in [0, 0.1) is 0 Å². The summed E-state index contributed by atoms with van der Waals surface area (Å²) >= 11 is 5.85. The van der Waals surface area contributed by atoms with Gasteiger partial charge < -0.3 is 4.74 Å². The molecule has 0 bridgehead atoms. The lowest BCUT2D eigenvalue weighted by Crippen LogP contribution is -2.42. The molecule has 90 valence electrons. The molecule has 1 saturated carbocycles. The number of hydrogen-bond acceptors (Lipinski definition) is 2. The van der Waals surface area contributed by atoms with Gasteiger partial charge in [-0.25, -0.2) is 0 Å². The lowest BCUT2D eigenvalue weighted by Gasteiger charge is -2.36. The van der Waals surface area contributed by atoms with E-state index in [-0.39, 0.29) is 0 Å². The third-order valence-corrected chi connectivity index (χ3v) is 3.50. The Bertz CT molecular complexity index is 160. The zero-order valence-corrected chi connectivity index (χ0v) is 10.8. The van der Waals surface area contributed by atoms with Crippen LogP contribution in [0.5, 0.6) is 0 Å². The number of rotatable bonds is 6. The summed E-state index contributed by atoms with van der Waals surface area (Å²) in [5.41, 5.74) is 0. The molecule has 0 aromatic rings. The molecule has 0 spiro atoms. The first-order chi connectivity index (χ1) is 7.31. The van der Waals surface area contributed by atoms with E-state index >= 15 is 0 Å². The Balaban J connectivity index is 2.42. The average Bonchev–Trinajstić information content (AvgIpc) is 2.29. The summed E-state index contributed by atoms with van der Waals surface area (Å²) < 4.78 is 5.47. The van der Waals surface area contributed by atoms with Gasteiger partial charge in [-0.1, -0.05) is 6.92 Å². The minimum Gasteiger partial charge on any atom is -0.381 e. The van der Waals surface area contributed by atoms with Gasteiger partial charge in [-0.15, -0.1) is 11.6 Å². The Morgan fingerprint density at radius 2 is 2.13 bits per heavy atom. The Morgan fingerprint density at radius 1 is 1.33 bits per heavy atom. The summed E-state index contributed by atoms with van der Waals surface area (Å²) in [6.45, 7) is 4.43. The van der Waals surface area contributed by atoms with Crippen LogP contribution >= 0.6 is 11.6 Å². The van der Waals surface area contributed by atoms with Gasteiger partial charge >= 0.3 is 0 Å². The quantitative estimate of drug-likeness (QED) is 0.655. The molecule has 0 N–H and O–H groups in total. The first-order valence-electron chi connectivity index (χ1n) is 6.14. The zero-order valence-electron chi connectivity index (χ0n) is 10.0. The smallest absolute Gasteiger partial charge is 0.0586 e. The molecule has 1 fully saturated rings. The van der Waals surface area contributed by atoms with Crippen LogP contribution in [0.15, 0.2) is 0 Å². The Labute approximate surface area is 98.9 Å². The van der Waals surface area contributed by atoms with Crippen molar-refractivity contribution in [2.45, 2.75) is 51.2 Å². The van der Waals surface area contributed by atoms with Gasteiger partial charge in [-0.05, 0) is 38.6 Å². The first kappa shape index (κ1) is 13.3. The molecule has 1 rings (SSSR count). The summed E-state index contributed by atoms with van der Waals surface area (Å²) in [5.74, 6) is 0.744. The maximum atomic E-state index is 5.85. The summed E-state index contributed by atoms with van der Waals surface area (Å²) in [7, 11) is 1.83. The normalized spacial score (nSPS) is 27.2. The summed E-state index contributed by atoms with van der Waals surface area (Å²) in [6, 6.07) is 0.697. The van der Waals surface area contributed by atoms with Gasteiger partial charge in [0.05, 0.1) is 6.10 Å². The fourth-order valence-electron chi connectivity index (χ4n) is 2.54. The minimum absolute atomic E-state index is 0.471. The third kappa shape index (κ3) is 4.29. The van der Waals surface area contributed by atoms with Crippen LogP contribution in [0.4, 0.5) is 0 Å². The van der Waals surface area contributed by atoms with Gasteiger partial charge in [0.25, 0.3) is 0 Å². The van der Waals surface area contributed by atoms with Crippen LogP contribution in [-0.2, 0) is 4.74 Å². The number of ether oxygens (including phenoxy) is 1. The molecular weight excluding hydrogens is 210 g/mol. The maximum absolute atomic E-state index is 5.85. The third-order valence-electron chi connectivity index (χ3n) is 3.33. The summed E-state index contributed by atoms with van der Waals surface area (Å²) in [5, 5.41) is 0. The predicted molar refractivity (Wildman–Crippen MR) is 65.6 cm³/mol. The molecule has 2 atom stereocenters. The van der Waals surface area contributed by atoms with E-state index in [1.165, 1.54) is 38.6 Å². The summed E-state index contributed by atoms with van der Waals surface area (Å²) in [4.78, 5) is 2.54. The highest BCUT2D eigenvalue weighted by Crippen LogP contribution is 2.24. The molecular formula is C12H24ClNO. The molecule has 3 heteroatoms. The van der Waals surface area contributed by atoms with Gasteiger partial charge in [0.1, 0.15) is 0 Å². The molecule has 0 aliphatic heterocycles. The molecule has 1 aliphatic carbocycles. The van der Waals surface area contributed by atoms with Crippen molar-refractivity contribution in [3.63, 3.8) is 0 Å². The van der Waals surface area contributed by atoms with E-state index < -0.39 is 0 Å². The standard InChI is InChI=1S/C12H24ClNO/c1-3-8-14(9-7-13)11-5-4-6-12(10-11)15-2/h11-12H,3-10H2,1-2H3. The van der Waals surface area contributed by atoms with Gasteiger partial charge in [0, 0.05) is 25.6 Å². The van der Waals surface area contributed by atoms with Crippen LogP contribution in [-0.4, -0.2) is 43.1 Å². The van der Waals surface area contributed by atoms with Crippen molar-refractivity contribution in [1.82, 2.24) is 4.90 Å². The molecule has 0 heterocycles. The highest BCUT2D eigenvalue weighted by molar-refractivity contribution is 6.18. The van der Waals surface area contributed by atoms with E-state index in [1.807, 2.05) is 7.11 Å². The van der Waals surface area contributed by atoms with Crippen molar-refractivity contribution in [3.05, 3.63) is 0 Å². The van der Waals surface area contributed by atoms with Crippen molar-refractivity contribution in [2.24, 2.45) is 0 Å². The zero-order chi connectivity index (χ0) is 11.1. The molecule has 2 unspecified atom stereocenters. The van der Waals surface area contributed by atoms with Crippen LogP contribution in [0.3, 0.4) is 0 Å². The predicted octanol–water partition coefficient (Wildman–Crippen LogP) is 2.89. The van der Waals surface area contributed by atoms with Crippen LogP contribution in [0.25, 0.3) is 0 Å². The molecule has 15 heavy (non-hydrogen) atoms. The fraction of sp³-hybridized carbons (Fsp3) is 1.00. The van der Waals surface area contributed by atoms with Crippen LogP contribution < -0.4 is 0 Å². The van der Waals surface area contributed by atoms with Crippen molar-refractivity contribution >= 4 is 11.6 Å². The topological polar surface area (TPSA) is 12.5 Å². The van der Waals surface area contributed by atoms with E-state index in [1.54, 1.807) is 0 Å². The molecule has 1 aliphatic rings. The second-order valence-corrected chi connectivity index (χ2v) is 4.78. The van der Waals surface area contributed by atoms with E-state index in [0.717, 1.165) is 12.4 Å². The van der Waals surface area contributed by atoms with Crippen molar-refractivity contribution in [2.75, 3.05) is 26.1 Å². The SMILES string of the molecule is CCCN(CCCl)C1CCCC(OC)C1. The van der Waals surface area contributed by atoms with Crippen molar-refractivity contribution in [1.29, 1.82) is 0 Å². The van der Waals surface area contributed by atoms with E-state index in [0.29, 0.717) is 12.1 Å². The van der Waals surface area contributed by atoms with Gasteiger partial charge in [0.2, 0.25) is 0 Å². The Morgan fingerprint density at radius 3 is 2.73 bits per heavy atom. The molecule has 0 saturated heterocycles. The highest BCUT2D eigenvalue weighted by Gasteiger charge is 2.25. The van der Waals surface area contributed by atoms with Crippen LogP contribution in [0.1, 0.15) is 39.0 Å². The highest BCUT2D eigenvalue weighted by atomic mass is 35.5. The minimum atomic E-state index is 0.471. The lowest BCUT2D eigenvalue weighted by molar-refractivity contribution is 0.0295. The maximum Gasteiger partial charge on any atom is 0.0586 e. The van der Waals surface area contributed by atoms with Gasteiger partial charge in [0.15, 0.2) is 0 Å². The number of halogens is 1. The van der Waals surface area contributed by atoms with E-state index in [9.17, 15) is 0 Å². The molecule has 2 nitrogen and oxygen atoms in total. The van der Waals surface area contributed by atoms with Gasteiger partial charge in [-0.2, -0.15) is 0 Å². The lowest BCUT2D eigenvalue weighted by atomic mass is 9.91. The molecule has 0 radical (unpaired) electrons. The fourth-order valence-corrected chi connectivity index (χ4v) is 2.76. The second kappa shape index (κ2) is 7.48. The van der Waals surface area contributed by atoms with Crippen LogP contribution in [0.2, 0.25) is 0 Å². The number of hydrogen-bond donors (Lipinski definition) is 0. The second-order valence-electron chi connectivity index (χ2n) is 4.40.